The van der Waals surface area contributed by atoms with Crippen LogP contribution in [0.4, 0.5) is 16.2 Å². The molecule has 184 valence electrons. The van der Waals surface area contributed by atoms with Gasteiger partial charge in [-0.05, 0) is 36.4 Å². The van der Waals surface area contributed by atoms with E-state index in [0.717, 1.165) is 56.4 Å². The summed E-state index contributed by atoms with van der Waals surface area (Å²) in [4.78, 5) is 11.3. The van der Waals surface area contributed by atoms with E-state index < -0.39 is 16.2 Å². The van der Waals surface area contributed by atoms with Crippen molar-refractivity contribution in [3.8, 4) is 10.8 Å². The zero-order chi connectivity index (χ0) is 24.1. The van der Waals surface area contributed by atoms with Crippen molar-refractivity contribution in [3.63, 3.8) is 0 Å². The van der Waals surface area contributed by atoms with Gasteiger partial charge in [0.2, 0.25) is 5.06 Å². The van der Waals surface area contributed by atoms with Crippen LogP contribution in [-0.4, -0.2) is 34.8 Å². The molecule has 1 aromatic carbocycles. The Morgan fingerprint density at radius 2 is 1.79 bits per heavy atom. The van der Waals surface area contributed by atoms with Gasteiger partial charge in [0.15, 0.2) is 0 Å². The number of hydrogen-bond donors (Lipinski definition) is 2. The van der Waals surface area contributed by atoms with E-state index in [1.54, 1.807) is 6.07 Å². The summed E-state index contributed by atoms with van der Waals surface area (Å²) in [6.07, 6.45) is 6.60. The summed E-state index contributed by atoms with van der Waals surface area (Å²) in [7, 11) is -2.87. The van der Waals surface area contributed by atoms with Crippen LogP contribution in [0.25, 0.3) is 0 Å². The predicted molar refractivity (Wildman–Crippen MR) is 132 cm³/mol. The maximum atomic E-state index is 13.0. The molecule has 0 saturated carbocycles. The van der Waals surface area contributed by atoms with Crippen LogP contribution >= 0.6 is 11.3 Å². The average molecular weight is 499 g/mol. The van der Waals surface area contributed by atoms with Crippen LogP contribution < -0.4 is 19.5 Å². The summed E-state index contributed by atoms with van der Waals surface area (Å²) in [5, 5.41) is 4.84. The molecule has 0 spiro atoms. The molecule has 33 heavy (non-hydrogen) atoms. The zero-order valence-electron chi connectivity index (χ0n) is 19.5. The summed E-state index contributed by atoms with van der Waals surface area (Å²) >= 11 is 0.988. The number of nitrogens with one attached hydrogen (secondary N) is 2. The van der Waals surface area contributed by atoms with Crippen molar-refractivity contribution in [1.29, 1.82) is 0 Å². The smallest absolute Gasteiger partial charge is 0.491 e. The minimum atomic E-state index is -4.03. The molecule has 0 amide bonds. The second kappa shape index (κ2) is 13.9. The first-order valence-electron chi connectivity index (χ1n) is 11.3. The number of rotatable bonds is 15. The lowest BCUT2D eigenvalue weighted by molar-refractivity contribution is 0.122. The van der Waals surface area contributed by atoms with Crippen LogP contribution in [-0.2, 0) is 14.8 Å². The van der Waals surface area contributed by atoms with Gasteiger partial charge in [0.25, 0.3) is 10.0 Å². The van der Waals surface area contributed by atoms with E-state index in [1.807, 2.05) is 12.1 Å². The Balaban J connectivity index is 2.19. The summed E-state index contributed by atoms with van der Waals surface area (Å²) in [5.41, 5.74) is 1.18. The lowest BCUT2D eigenvalue weighted by atomic mass is 10.2. The third kappa shape index (κ3) is 8.77. The summed E-state index contributed by atoms with van der Waals surface area (Å²) in [5.74, 6) is 0.443. The maximum Gasteiger partial charge on any atom is 0.514 e. The van der Waals surface area contributed by atoms with Gasteiger partial charge in [0.05, 0.1) is 19.4 Å². The fourth-order valence-corrected chi connectivity index (χ4v) is 5.29. The van der Waals surface area contributed by atoms with E-state index in [9.17, 15) is 13.2 Å². The largest absolute Gasteiger partial charge is 0.514 e. The molecule has 2 aromatic rings. The van der Waals surface area contributed by atoms with Crippen LogP contribution in [0.3, 0.4) is 0 Å². The molecule has 1 aromatic heterocycles. The van der Waals surface area contributed by atoms with Crippen LogP contribution in [0.15, 0.2) is 34.5 Å². The molecule has 0 fully saturated rings. The van der Waals surface area contributed by atoms with Crippen molar-refractivity contribution in [1.82, 2.24) is 0 Å². The third-order valence-corrected chi connectivity index (χ3v) is 7.13. The zero-order valence-corrected chi connectivity index (χ0v) is 21.1. The second-order valence-corrected chi connectivity index (χ2v) is 10.0. The Morgan fingerprint density at radius 1 is 1.03 bits per heavy atom. The molecule has 0 aliphatic heterocycles. The van der Waals surface area contributed by atoms with E-state index >= 15 is 0 Å². The number of hydrogen-bond acceptors (Lipinski definition) is 8. The van der Waals surface area contributed by atoms with Crippen LogP contribution in [0.5, 0.6) is 10.8 Å². The minimum absolute atomic E-state index is 0.0647. The van der Waals surface area contributed by atoms with Crippen molar-refractivity contribution in [2.24, 2.45) is 0 Å². The molecule has 0 bridgehead atoms. The molecule has 0 aliphatic rings. The van der Waals surface area contributed by atoms with E-state index in [1.165, 1.54) is 30.7 Å². The number of carbonyl (C=O) groups is 1. The highest BCUT2D eigenvalue weighted by Gasteiger charge is 2.24. The predicted octanol–water partition coefficient (Wildman–Crippen LogP) is 6.26. The first kappa shape index (κ1) is 26.8. The first-order valence-corrected chi connectivity index (χ1v) is 13.6. The van der Waals surface area contributed by atoms with Gasteiger partial charge in [-0.25, -0.2) is 13.2 Å². The number of methoxy groups -OCH3 is 1. The molecule has 8 nitrogen and oxygen atoms in total. The SMILES string of the molecule is CCCCCCNc1ccc(NS(=O)(=O)c2ccsc2OC(=O)OC)c(OCCCCC)c1. The molecular weight excluding hydrogens is 464 g/mol. The standard InChI is InChI=1S/C23H34N2O6S2/c1-4-6-8-9-14-24-18-11-12-19(20(17-18)30-15-10-7-5-2)25-33(27,28)21-13-16-32-22(21)31-23(26)29-3/h11-13,16-17,24-25H,4-10,14-15H2,1-3H3. The summed E-state index contributed by atoms with van der Waals surface area (Å²) < 4.78 is 44.0. The molecule has 2 N–H and O–H groups in total. The van der Waals surface area contributed by atoms with Crippen molar-refractivity contribution >= 4 is 38.9 Å². The molecular formula is C23H34N2O6S2. The fraction of sp³-hybridized carbons (Fsp3) is 0.522. The molecule has 0 unspecified atom stereocenters. The average Bonchev–Trinajstić information content (AvgIpc) is 3.27. The quantitative estimate of drug-likeness (QED) is 0.221. The summed E-state index contributed by atoms with van der Waals surface area (Å²) in [6, 6.07) is 6.67. The number of ether oxygens (including phenoxy) is 3. The van der Waals surface area contributed by atoms with Crippen LogP contribution in [0.1, 0.15) is 58.8 Å². The number of benzene rings is 1. The van der Waals surface area contributed by atoms with Crippen molar-refractivity contribution in [2.75, 3.05) is 30.3 Å². The van der Waals surface area contributed by atoms with E-state index in [4.69, 9.17) is 9.47 Å². The van der Waals surface area contributed by atoms with E-state index in [0.29, 0.717) is 18.0 Å². The fourth-order valence-electron chi connectivity index (χ4n) is 3.03. The van der Waals surface area contributed by atoms with Gasteiger partial charge in [0.1, 0.15) is 10.6 Å². The van der Waals surface area contributed by atoms with E-state index in [-0.39, 0.29) is 9.96 Å². The first-order chi connectivity index (χ1) is 15.9. The summed E-state index contributed by atoms with van der Waals surface area (Å²) in [6.45, 7) is 5.61. The highest BCUT2D eigenvalue weighted by Crippen LogP contribution is 2.35. The molecule has 0 saturated heterocycles. The molecule has 2 rings (SSSR count). The highest BCUT2D eigenvalue weighted by molar-refractivity contribution is 7.93. The van der Waals surface area contributed by atoms with Crippen molar-refractivity contribution in [3.05, 3.63) is 29.6 Å². The Labute approximate surface area is 200 Å². The van der Waals surface area contributed by atoms with Gasteiger partial charge in [-0.1, -0.05) is 46.0 Å². The molecule has 0 radical (unpaired) electrons. The van der Waals surface area contributed by atoms with Gasteiger partial charge in [-0.3, -0.25) is 4.72 Å². The van der Waals surface area contributed by atoms with Gasteiger partial charge in [0, 0.05) is 18.3 Å². The van der Waals surface area contributed by atoms with Crippen LogP contribution in [0, 0.1) is 0 Å². The van der Waals surface area contributed by atoms with Gasteiger partial charge in [-0.15, -0.1) is 11.3 Å². The number of anilines is 2. The number of thiophene rings is 1. The topological polar surface area (TPSA) is 103 Å². The normalized spacial score (nSPS) is 11.1. The highest BCUT2D eigenvalue weighted by atomic mass is 32.2. The monoisotopic (exact) mass is 498 g/mol. The minimum Gasteiger partial charge on any atom is -0.491 e. The lowest BCUT2D eigenvalue weighted by Gasteiger charge is -2.16. The Morgan fingerprint density at radius 3 is 2.52 bits per heavy atom. The van der Waals surface area contributed by atoms with Crippen molar-refractivity contribution in [2.45, 2.75) is 63.7 Å². The third-order valence-electron chi connectivity index (χ3n) is 4.82. The van der Waals surface area contributed by atoms with Crippen molar-refractivity contribution < 1.29 is 27.4 Å². The molecule has 0 atom stereocenters. The Bertz CT molecular complexity index is 975. The second-order valence-electron chi connectivity index (χ2n) is 7.49. The number of unbranched alkanes of at least 4 members (excludes halogenated alkanes) is 5. The lowest BCUT2D eigenvalue weighted by Crippen LogP contribution is -2.16. The van der Waals surface area contributed by atoms with Gasteiger partial charge in [-0.2, -0.15) is 0 Å². The molecule has 10 heteroatoms. The number of sulfonamides is 1. The van der Waals surface area contributed by atoms with E-state index in [2.05, 4.69) is 28.6 Å². The van der Waals surface area contributed by atoms with Gasteiger partial charge < -0.3 is 19.5 Å². The molecule has 0 aliphatic carbocycles. The maximum absolute atomic E-state index is 13.0. The number of carbonyl (C=O) groups excluding carboxylic acids is 1. The Hall–Kier alpha value is -2.46. The van der Waals surface area contributed by atoms with Gasteiger partial charge >= 0.3 is 6.16 Å². The molecule has 1 heterocycles. The van der Waals surface area contributed by atoms with Crippen LogP contribution in [0.2, 0.25) is 0 Å². The Kier molecular flexibility index (Phi) is 11.3.